The summed E-state index contributed by atoms with van der Waals surface area (Å²) in [7, 11) is 0. The van der Waals surface area contributed by atoms with Crippen LogP contribution in [0.2, 0.25) is 0 Å². The second-order valence-electron chi connectivity index (χ2n) is 7.94. The Hall–Kier alpha value is -3.66. The Balaban J connectivity index is 1.82. The van der Waals surface area contributed by atoms with E-state index in [9.17, 15) is 9.59 Å². The van der Waals surface area contributed by atoms with Gasteiger partial charge in [0.2, 0.25) is 5.91 Å². The van der Waals surface area contributed by atoms with Gasteiger partial charge in [-0.05, 0) is 61.2 Å². The summed E-state index contributed by atoms with van der Waals surface area (Å²) in [6.45, 7) is 5.95. The van der Waals surface area contributed by atoms with E-state index in [-0.39, 0.29) is 18.4 Å². The molecule has 2 amide bonds. The molecule has 1 aliphatic rings. The summed E-state index contributed by atoms with van der Waals surface area (Å²) < 4.78 is 0. The molecule has 4 heteroatoms. The molecule has 0 bridgehead atoms. The lowest BCUT2D eigenvalue weighted by atomic mass is 9.97. The highest BCUT2D eigenvalue weighted by molar-refractivity contribution is 6.16. The molecule has 0 N–H and O–H groups in total. The minimum Gasteiger partial charge on any atom is -0.301 e. The Bertz CT molecular complexity index is 1140. The van der Waals surface area contributed by atoms with Gasteiger partial charge in [-0.2, -0.15) is 0 Å². The van der Waals surface area contributed by atoms with Gasteiger partial charge in [0.25, 0.3) is 5.91 Å². The average Bonchev–Trinajstić information content (AvgIpc) is 2.78. The van der Waals surface area contributed by atoms with Crippen LogP contribution in [-0.4, -0.2) is 24.4 Å². The number of hydrogen-bond donors (Lipinski definition) is 0. The summed E-state index contributed by atoms with van der Waals surface area (Å²) in [5.74, 6) is -0.195. The van der Waals surface area contributed by atoms with E-state index >= 15 is 0 Å². The number of benzene rings is 3. The second-order valence-corrected chi connectivity index (χ2v) is 7.94. The maximum atomic E-state index is 13.8. The zero-order valence-electron chi connectivity index (χ0n) is 18.1. The summed E-state index contributed by atoms with van der Waals surface area (Å²) in [6.07, 6.45) is 1.98. The van der Waals surface area contributed by atoms with Crippen molar-refractivity contribution in [1.82, 2.24) is 0 Å². The van der Waals surface area contributed by atoms with Gasteiger partial charge in [0.1, 0.15) is 12.6 Å². The summed E-state index contributed by atoms with van der Waals surface area (Å²) in [5.41, 5.74) is 5.45. The molecule has 0 saturated carbocycles. The van der Waals surface area contributed by atoms with E-state index in [1.807, 2.05) is 106 Å². The van der Waals surface area contributed by atoms with Crippen molar-refractivity contribution >= 4 is 29.3 Å². The number of carbonyl (C=O) groups excluding carboxylic acids is 2. The van der Waals surface area contributed by atoms with Gasteiger partial charge in [-0.3, -0.25) is 14.5 Å². The topological polar surface area (TPSA) is 40.6 Å². The van der Waals surface area contributed by atoms with Crippen molar-refractivity contribution in [3.63, 3.8) is 0 Å². The molecule has 1 fully saturated rings. The van der Waals surface area contributed by atoms with Crippen LogP contribution in [0.3, 0.4) is 0 Å². The first-order chi connectivity index (χ1) is 15.0. The van der Waals surface area contributed by atoms with Gasteiger partial charge >= 0.3 is 0 Å². The van der Waals surface area contributed by atoms with Gasteiger partial charge in [-0.1, -0.05) is 66.7 Å². The average molecular weight is 411 g/mol. The third-order valence-corrected chi connectivity index (χ3v) is 5.85. The number of aryl methyl sites for hydroxylation is 1. The van der Waals surface area contributed by atoms with Crippen LogP contribution >= 0.6 is 0 Å². The molecule has 1 atom stereocenters. The molecule has 0 spiro atoms. The van der Waals surface area contributed by atoms with Crippen molar-refractivity contribution < 1.29 is 9.59 Å². The lowest BCUT2D eigenvalue weighted by Crippen LogP contribution is -2.61. The van der Waals surface area contributed by atoms with Gasteiger partial charge in [0.15, 0.2) is 0 Å². The number of amides is 2. The molecule has 1 heterocycles. The number of rotatable bonds is 4. The zero-order valence-corrected chi connectivity index (χ0v) is 18.1. The maximum absolute atomic E-state index is 13.8. The number of para-hydroxylation sites is 1. The Morgan fingerprint density at radius 1 is 0.871 bits per heavy atom. The largest absolute Gasteiger partial charge is 0.301 e. The molecule has 0 unspecified atom stereocenters. The SMILES string of the molecule is C/C(=C\c1ccccc1)[C@H]1C(=O)N(c2cccc(C)c2C)CC(=O)N1c1ccccc1. The van der Waals surface area contributed by atoms with E-state index in [2.05, 4.69) is 0 Å². The van der Waals surface area contributed by atoms with E-state index in [0.29, 0.717) is 0 Å². The Kier molecular flexibility index (Phi) is 5.72. The number of nitrogens with zero attached hydrogens (tertiary/aromatic N) is 2. The van der Waals surface area contributed by atoms with Gasteiger partial charge in [0, 0.05) is 11.4 Å². The summed E-state index contributed by atoms with van der Waals surface area (Å²) in [6, 6.07) is 24.5. The lowest BCUT2D eigenvalue weighted by molar-refractivity contribution is -0.127. The Labute approximate surface area is 183 Å². The van der Waals surface area contributed by atoms with Crippen LogP contribution in [0.4, 0.5) is 11.4 Å². The van der Waals surface area contributed by atoms with E-state index in [1.54, 1.807) is 9.80 Å². The van der Waals surface area contributed by atoms with Crippen LogP contribution in [-0.2, 0) is 9.59 Å². The number of anilines is 2. The first kappa shape index (κ1) is 20.6. The highest BCUT2D eigenvalue weighted by Crippen LogP contribution is 2.32. The van der Waals surface area contributed by atoms with E-state index in [4.69, 9.17) is 0 Å². The lowest BCUT2D eigenvalue weighted by Gasteiger charge is -2.41. The minimum absolute atomic E-state index is 0.0210. The molecule has 3 aromatic rings. The van der Waals surface area contributed by atoms with Crippen molar-refractivity contribution in [2.24, 2.45) is 0 Å². The molecular weight excluding hydrogens is 384 g/mol. The molecule has 0 radical (unpaired) electrons. The molecule has 0 aromatic heterocycles. The third kappa shape index (κ3) is 4.02. The number of hydrogen-bond acceptors (Lipinski definition) is 2. The van der Waals surface area contributed by atoms with Gasteiger partial charge in [0.05, 0.1) is 0 Å². The summed E-state index contributed by atoms with van der Waals surface area (Å²) in [4.78, 5) is 30.5. The highest BCUT2D eigenvalue weighted by Gasteiger charge is 2.42. The molecule has 3 aromatic carbocycles. The molecule has 4 rings (SSSR count). The van der Waals surface area contributed by atoms with Gasteiger partial charge in [-0.15, -0.1) is 0 Å². The number of carbonyl (C=O) groups is 2. The summed E-state index contributed by atoms with van der Waals surface area (Å²) >= 11 is 0. The minimum atomic E-state index is -0.705. The predicted octanol–water partition coefficient (Wildman–Crippen LogP) is 5.16. The van der Waals surface area contributed by atoms with Crippen LogP contribution in [0.15, 0.2) is 84.4 Å². The van der Waals surface area contributed by atoms with Crippen LogP contribution < -0.4 is 9.80 Å². The van der Waals surface area contributed by atoms with Crippen molar-refractivity contribution in [2.75, 3.05) is 16.3 Å². The van der Waals surface area contributed by atoms with Crippen LogP contribution in [0.25, 0.3) is 6.08 Å². The molecule has 156 valence electrons. The van der Waals surface area contributed by atoms with Crippen LogP contribution in [0, 0.1) is 13.8 Å². The maximum Gasteiger partial charge on any atom is 0.254 e. The zero-order chi connectivity index (χ0) is 22.0. The molecule has 4 nitrogen and oxygen atoms in total. The van der Waals surface area contributed by atoms with E-state index < -0.39 is 6.04 Å². The van der Waals surface area contributed by atoms with Crippen molar-refractivity contribution in [3.05, 3.63) is 101 Å². The predicted molar refractivity (Wildman–Crippen MR) is 126 cm³/mol. The van der Waals surface area contributed by atoms with Crippen molar-refractivity contribution in [3.8, 4) is 0 Å². The molecule has 0 aliphatic carbocycles. The molecule has 1 aliphatic heterocycles. The monoisotopic (exact) mass is 410 g/mol. The standard InChI is InChI=1S/C27H26N2O2/c1-19-11-10-16-24(21(19)3)28-18-25(30)29(23-14-8-5-9-15-23)26(27(28)31)20(2)17-22-12-6-4-7-13-22/h4-17,26H,18H2,1-3H3/b20-17+/t26-/m0/s1. The summed E-state index contributed by atoms with van der Waals surface area (Å²) in [5, 5.41) is 0. The Morgan fingerprint density at radius 2 is 1.52 bits per heavy atom. The van der Waals surface area contributed by atoms with Crippen LogP contribution in [0.5, 0.6) is 0 Å². The first-order valence-electron chi connectivity index (χ1n) is 10.5. The van der Waals surface area contributed by atoms with Gasteiger partial charge < -0.3 is 4.90 Å². The quantitative estimate of drug-likeness (QED) is 0.596. The smallest absolute Gasteiger partial charge is 0.254 e. The fourth-order valence-electron chi connectivity index (χ4n) is 4.09. The Morgan fingerprint density at radius 3 is 2.19 bits per heavy atom. The van der Waals surface area contributed by atoms with Crippen LogP contribution in [0.1, 0.15) is 23.6 Å². The number of piperazine rings is 1. The first-order valence-corrected chi connectivity index (χ1v) is 10.5. The van der Waals surface area contributed by atoms with E-state index in [1.165, 1.54) is 0 Å². The second kappa shape index (κ2) is 8.60. The van der Waals surface area contributed by atoms with E-state index in [0.717, 1.165) is 33.6 Å². The fourth-order valence-corrected chi connectivity index (χ4v) is 4.09. The normalized spacial score (nSPS) is 17.3. The van der Waals surface area contributed by atoms with Crippen molar-refractivity contribution in [1.29, 1.82) is 0 Å². The highest BCUT2D eigenvalue weighted by atomic mass is 16.2. The van der Waals surface area contributed by atoms with Gasteiger partial charge in [-0.25, -0.2) is 0 Å². The third-order valence-electron chi connectivity index (χ3n) is 5.85. The fraction of sp³-hybridized carbons (Fsp3) is 0.185. The molecular formula is C27H26N2O2. The molecule has 31 heavy (non-hydrogen) atoms. The van der Waals surface area contributed by atoms with Crippen molar-refractivity contribution in [2.45, 2.75) is 26.8 Å². The molecule has 1 saturated heterocycles.